The van der Waals surface area contributed by atoms with Gasteiger partial charge in [0.25, 0.3) is 0 Å². The predicted octanol–water partition coefficient (Wildman–Crippen LogP) is 1.55. The van der Waals surface area contributed by atoms with Crippen LogP contribution in [0, 0.1) is 11.3 Å². The van der Waals surface area contributed by atoms with Crippen LogP contribution >= 0.6 is 0 Å². The van der Waals surface area contributed by atoms with Crippen molar-refractivity contribution in [3.05, 3.63) is 0 Å². The molecule has 0 amide bonds. The van der Waals surface area contributed by atoms with Gasteiger partial charge in [0.15, 0.2) is 0 Å². The van der Waals surface area contributed by atoms with Crippen LogP contribution in [0.2, 0.25) is 0 Å². The molecule has 58 valence electrons. The fourth-order valence-corrected chi connectivity index (χ4v) is 1.14. The van der Waals surface area contributed by atoms with Gasteiger partial charge in [-0.3, -0.25) is 0 Å². The summed E-state index contributed by atoms with van der Waals surface area (Å²) in [4.78, 5) is 8.33. The maximum absolute atomic E-state index is 8.69. The summed E-state index contributed by atoms with van der Waals surface area (Å²) in [7, 11) is 0. The van der Waals surface area contributed by atoms with Crippen molar-refractivity contribution in [3.8, 4) is 6.07 Å². The van der Waals surface area contributed by atoms with Gasteiger partial charge in [-0.15, -0.1) is 0 Å². The molecular weight excluding hydrogens is 138 g/mol. The van der Waals surface area contributed by atoms with E-state index in [1.54, 1.807) is 6.92 Å². The highest BCUT2D eigenvalue weighted by Crippen LogP contribution is 2.18. The zero-order valence-corrected chi connectivity index (χ0v) is 7.05. The van der Waals surface area contributed by atoms with E-state index in [2.05, 4.69) is 16.1 Å². The SMILES string of the molecule is CCC1=NC(C)(C#N)N=C1C. The van der Waals surface area contributed by atoms with Crippen LogP contribution in [0.4, 0.5) is 0 Å². The van der Waals surface area contributed by atoms with E-state index in [9.17, 15) is 0 Å². The van der Waals surface area contributed by atoms with Crippen molar-refractivity contribution >= 4 is 11.4 Å². The molecule has 3 heteroatoms. The average molecular weight is 149 g/mol. The molecular formula is C8H11N3. The molecule has 1 rings (SSSR count). The van der Waals surface area contributed by atoms with Gasteiger partial charge in [-0.1, -0.05) is 6.92 Å². The molecule has 0 fully saturated rings. The van der Waals surface area contributed by atoms with Crippen LogP contribution in [0.3, 0.4) is 0 Å². The molecule has 0 aromatic heterocycles. The Hall–Kier alpha value is -1.17. The van der Waals surface area contributed by atoms with Crippen LogP contribution in [-0.2, 0) is 0 Å². The smallest absolute Gasteiger partial charge is 0.234 e. The molecule has 0 aliphatic carbocycles. The van der Waals surface area contributed by atoms with Crippen LogP contribution in [0.25, 0.3) is 0 Å². The first kappa shape index (κ1) is 7.93. The van der Waals surface area contributed by atoms with Gasteiger partial charge in [0, 0.05) is 0 Å². The van der Waals surface area contributed by atoms with Crippen molar-refractivity contribution in [2.24, 2.45) is 9.98 Å². The Labute approximate surface area is 66.5 Å². The minimum absolute atomic E-state index is 0.838. The summed E-state index contributed by atoms with van der Waals surface area (Å²) in [5, 5.41) is 8.69. The zero-order valence-electron chi connectivity index (χ0n) is 7.05. The van der Waals surface area contributed by atoms with Gasteiger partial charge in [0.1, 0.15) is 6.07 Å². The van der Waals surface area contributed by atoms with E-state index in [-0.39, 0.29) is 0 Å². The van der Waals surface area contributed by atoms with Crippen molar-refractivity contribution in [2.45, 2.75) is 32.9 Å². The third-order valence-electron chi connectivity index (χ3n) is 1.70. The second kappa shape index (κ2) is 2.46. The summed E-state index contributed by atoms with van der Waals surface area (Å²) in [5.74, 6) is 0. The number of rotatable bonds is 1. The number of hydrogen-bond donors (Lipinski definition) is 0. The molecule has 1 atom stereocenters. The monoisotopic (exact) mass is 149 g/mol. The Morgan fingerprint density at radius 2 is 2.18 bits per heavy atom. The van der Waals surface area contributed by atoms with E-state index in [0.29, 0.717) is 0 Å². The molecule has 0 N–H and O–H groups in total. The predicted molar refractivity (Wildman–Crippen MR) is 44.9 cm³/mol. The lowest BCUT2D eigenvalue weighted by atomic mass is 10.2. The van der Waals surface area contributed by atoms with Crippen molar-refractivity contribution in [3.63, 3.8) is 0 Å². The number of nitrogens with zero attached hydrogens (tertiary/aromatic N) is 3. The quantitative estimate of drug-likeness (QED) is 0.558. The second-order valence-corrected chi connectivity index (χ2v) is 2.74. The highest BCUT2D eigenvalue weighted by Gasteiger charge is 2.27. The summed E-state index contributed by atoms with van der Waals surface area (Å²) in [6.07, 6.45) is 0.854. The average Bonchev–Trinajstić information content (AvgIpc) is 2.27. The first-order valence-electron chi connectivity index (χ1n) is 3.68. The molecule has 0 spiro atoms. The van der Waals surface area contributed by atoms with Crippen LogP contribution in [0.15, 0.2) is 9.98 Å². The maximum Gasteiger partial charge on any atom is 0.234 e. The van der Waals surface area contributed by atoms with Crippen LogP contribution < -0.4 is 0 Å². The fourth-order valence-electron chi connectivity index (χ4n) is 1.14. The first-order valence-corrected chi connectivity index (χ1v) is 3.68. The summed E-state index contributed by atoms with van der Waals surface area (Å²) < 4.78 is 0. The van der Waals surface area contributed by atoms with Gasteiger partial charge >= 0.3 is 0 Å². The van der Waals surface area contributed by atoms with Gasteiger partial charge in [-0.25, -0.2) is 9.98 Å². The zero-order chi connectivity index (χ0) is 8.48. The Morgan fingerprint density at radius 3 is 2.45 bits per heavy atom. The van der Waals surface area contributed by atoms with Gasteiger partial charge in [-0.05, 0) is 20.3 Å². The van der Waals surface area contributed by atoms with Crippen LogP contribution in [0.5, 0.6) is 0 Å². The minimum atomic E-state index is -0.838. The Bertz CT molecular complexity index is 270. The molecule has 0 saturated heterocycles. The molecule has 1 aliphatic rings. The normalized spacial score (nSPS) is 29.3. The van der Waals surface area contributed by atoms with Crippen molar-refractivity contribution in [2.75, 3.05) is 0 Å². The molecule has 1 heterocycles. The molecule has 0 aromatic carbocycles. The lowest BCUT2D eigenvalue weighted by Gasteiger charge is -2.03. The van der Waals surface area contributed by atoms with E-state index in [0.717, 1.165) is 17.8 Å². The first-order chi connectivity index (χ1) is 5.11. The summed E-state index contributed by atoms with van der Waals surface area (Å²) >= 11 is 0. The van der Waals surface area contributed by atoms with E-state index in [1.165, 1.54) is 0 Å². The molecule has 0 radical (unpaired) electrons. The van der Waals surface area contributed by atoms with Gasteiger partial charge in [-0.2, -0.15) is 5.26 Å². The fraction of sp³-hybridized carbons (Fsp3) is 0.625. The summed E-state index contributed by atoms with van der Waals surface area (Å²) in [6.45, 7) is 5.63. The van der Waals surface area contributed by atoms with Crippen molar-refractivity contribution in [1.29, 1.82) is 5.26 Å². The molecule has 0 aromatic rings. The van der Waals surface area contributed by atoms with Gasteiger partial charge in [0.05, 0.1) is 11.4 Å². The van der Waals surface area contributed by atoms with Crippen molar-refractivity contribution in [1.82, 2.24) is 0 Å². The Balaban J connectivity index is 3.01. The van der Waals surface area contributed by atoms with Crippen LogP contribution in [-0.4, -0.2) is 17.1 Å². The third kappa shape index (κ3) is 1.30. The van der Waals surface area contributed by atoms with Crippen molar-refractivity contribution < 1.29 is 0 Å². The molecule has 11 heavy (non-hydrogen) atoms. The van der Waals surface area contributed by atoms with E-state index in [4.69, 9.17) is 5.26 Å². The molecule has 0 saturated carbocycles. The Kier molecular flexibility index (Phi) is 1.77. The topological polar surface area (TPSA) is 48.5 Å². The van der Waals surface area contributed by atoms with E-state index in [1.807, 2.05) is 13.8 Å². The van der Waals surface area contributed by atoms with E-state index < -0.39 is 5.66 Å². The number of aliphatic imine (C=N–C) groups is 2. The number of hydrogen-bond acceptors (Lipinski definition) is 3. The maximum atomic E-state index is 8.69. The Morgan fingerprint density at radius 1 is 1.55 bits per heavy atom. The lowest BCUT2D eigenvalue weighted by Crippen LogP contribution is -2.12. The highest BCUT2D eigenvalue weighted by atomic mass is 15.1. The largest absolute Gasteiger partial charge is 0.244 e. The molecule has 0 bridgehead atoms. The molecule has 3 nitrogen and oxygen atoms in total. The summed E-state index contributed by atoms with van der Waals surface area (Å²) in [5.41, 5.74) is 1.01. The van der Waals surface area contributed by atoms with Gasteiger partial charge in [0.2, 0.25) is 5.66 Å². The lowest BCUT2D eigenvalue weighted by molar-refractivity contribution is 0.653. The third-order valence-corrected chi connectivity index (χ3v) is 1.70. The van der Waals surface area contributed by atoms with Crippen LogP contribution in [0.1, 0.15) is 27.2 Å². The molecule has 1 unspecified atom stereocenters. The van der Waals surface area contributed by atoms with Gasteiger partial charge < -0.3 is 0 Å². The summed E-state index contributed by atoms with van der Waals surface area (Å²) in [6, 6.07) is 2.06. The second-order valence-electron chi connectivity index (χ2n) is 2.74. The van der Waals surface area contributed by atoms with E-state index >= 15 is 0 Å². The number of nitriles is 1. The minimum Gasteiger partial charge on any atom is -0.244 e. The molecule has 1 aliphatic heterocycles. The highest BCUT2D eigenvalue weighted by molar-refractivity contribution is 6.42. The standard InChI is InChI=1S/C8H11N3/c1-4-7-6(2)10-8(3,5-9)11-7/h4H2,1-3H3.